The molecular formula is C17H15ClN2O3S2. The van der Waals surface area contributed by atoms with Gasteiger partial charge < -0.3 is 4.52 Å². The SMILES string of the molecule is O=S(=O)(Cc1noc2ccccc12)N1CCSC1c1ccc(Cl)cc1. The summed E-state index contributed by atoms with van der Waals surface area (Å²) < 4.78 is 32.8. The van der Waals surface area contributed by atoms with Crippen LogP contribution in [0.4, 0.5) is 0 Å². The minimum absolute atomic E-state index is 0.172. The third-order valence-electron chi connectivity index (χ3n) is 4.13. The highest BCUT2D eigenvalue weighted by molar-refractivity contribution is 8.00. The van der Waals surface area contributed by atoms with Crippen molar-refractivity contribution >= 4 is 44.4 Å². The van der Waals surface area contributed by atoms with Crippen molar-refractivity contribution in [2.75, 3.05) is 12.3 Å². The van der Waals surface area contributed by atoms with E-state index >= 15 is 0 Å². The maximum Gasteiger partial charge on any atom is 0.221 e. The van der Waals surface area contributed by atoms with Crippen molar-refractivity contribution in [2.24, 2.45) is 0 Å². The Morgan fingerprint density at radius 3 is 2.76 bits per heavy atom. The largest absolute Gasteiger partial charge is 0.356 e. The summed E-state index contributed by atoms with van der Waals surface area (Å²) in [4.78, 5) is 0. The highest BCUT2D eigenvalue weighted by atomic mass is 35.5. The number of hydrogen-bond acceptors (Lipinski definition) is 5. The maximum absolute atomic E-state index is 13.0. The van der Waals surface area contributed by atoms with Crippen LogP contribution in [0.15, 0.2) is 53.1 Å². The molecule has 8 heteroatoms. The molecule has 1 unspecified atom stereocenters. The van der Waals surface area contributed by atoms with Crippen molar-refractivity contribution in [1.29, 1.82) is 0 Å². The first-order valence-corrected chi connectivity index (χ1v) is 10.8. The van der Waals surface area contributed by atoms with E-state index in [-0.39, 0.29) is 11.1 Å². The zero-order valence-corrected chi connectivity index (χ0v) is 15.5. The van der Waals surface area contributed by atoms with Crippen LogP contribution in [0.5, 0.6) is 0 Å². The molecule has 130 valence electrons. The zero-order chi connectivity index (χ0) is 17.4. The van der Waals surface area contributed by atoms with Gasteiger partial charge in [0.25, 0.3) is 0 Å². The number of sulfonamides is 1. The smallest absolute Gasteiger partial charge is 0.221 e. The minimum Gasteiger partial charge on any atom is -0.356 e. The number of aromatic nitrogens is 1. The van der Waals surface area contributed by atoms with Crippen LogP contribution in [-0.2, 0) is 15.8 Å². The Morgan fingerprint density at radius 2 is 1.96 bits per heavy atom. The Hall–Kier alpha value is -1.54. The predicted molar refractivity (Wildman–Crippen MR) is 100.0 cm³/mol. The summed E-state index contributed by atoms with van der Waals surface area (Å²) in [5, 5.41) is 5.09. The molecule has 1 aromatic heterocycles. The monoisotopic (exact) mass is 394 g/mol. The molecule has 2 aromatic carbocycles. The number of fused-ring (bicyclic) bond motifs is 1. The Bertz CT molecular complexity index is 1000. The second kappa shape index (κ2) is 6.64. The molecule has 1 aliphatic rings. The number of hydrogen-bond donors (Lipinski definition) is 0. The van der Waals surface area contributed by atoms with Crippen molar-refractivity contribution in [3.8, 4) is 0 Å². The van der Waals surface area contributed by atoms with Gasteiger partial charge in [-0.05, 0) is 29.8 Å². The number of benzene rings is 2. The molecule has 25 heavy (non-hydrogen) atoms. The molecule has 5 nitrogen and oxygen atoms in total. The second-order valence-electron chi connectivity index (χ2n) is 5.77. The van der Waals surface area contributed by atoms with E-state index in [1.54, 1.807) is 34.3 Å². The number of nitrogens with zero attached hydrogens (tertiary/aromatic N) is 2. The fourth-order valence-corrected chi connectivity index (χ4v) is 6.39. The lowest BCUT2D eigenvalue weighted by atomic mass is 10.2. The van der Waals surface area contributed by atoms with Gasteiger partial charge in [-0.3, -0.25) is 0 Å². The molecule has 0 aliphatic carbocycles. The molecular weight excluding hydrogens is 380 g/mol. The molecule has 0 bridgehead atoms. The molecule has 2 heterocycles. The summed E-state index contributed by atoms with van der Waals surface area (Å²) in [7, 11) is -3.52. The number of para-hydroxylation sites is 1. The lowest BCUT2D eigenvalue weighted by molar-refractivity contribution is 0.427. The normalized spacial score (nSPS) is 18.8. The number of halogens is 1. The molecule has 1 atom stereocenters. The van der Waals surface area contributed by atoms with Crippen molar-refractivity contribution in [1.82, 2.24) is 9.46 Å². The van der Waals surface area contributed by atoms with Gasteiger partial charge in [-0.2, -0.15) is 4.31 Å². The second-order valence-corrected chi connectivity index (χ2v) is 9.31. The van der Waals surface area contributed by atoms with Gasteiger partial charge in [-0.1, -0.05) is 41.0 Å². The standard InChI is InChI=1S/C17H15ClN2O3S2/c18-13-7-5-12(6-8-13)17-20(9-10-24-17)25(21,22)11-15-14-3-1-2-4-16(14)23-19-15/h1-8,17H,9-11H2. The van der Waals surface area contributed by atoms with E-state index in [2.05, 4.69) is 5.16 Å². The van der Waals surface area contributed by atoms with Gasteiger partial charge in [0, 0.05) is 22.7 Å². The van der Waals surface area contributed by atoms with Crippen molar-refractivity contribution < 1.29 is 12.9 Å². The summed E-state index contributed by atoms with van der Waals surface area (Å²) in [6.07, 6.45) is 0. The number of thioether (sulfide) groups is 1. The van der Waals surface area contributed by atoms with Crippen LogP contribution in [0.3, 0.4) is 0 Å². The first kappa shape index (κ1) is 16.9. The van der Waals surface area contributed by atoms with E-state index in [9.17, 15) is 8.42 Å². The van der Waals surface area contributed by atoms with E-state index in [0.717, 1.165) is 16.7 Å². The van der Waals surface area contributed by atoms with Gasteiger partial charge in [0.15, 0.2) is 5.58 Å². The fraction of sp³-hybridized carbons (Fsp3) is 0.235. The van der Waals surface area contributed by atoms with E-state index < -0.39 is 10.0 Å². The molecule has 1 saturated heterocycles. The summed E-state index contributed by atoms with van der Waals surface area (Å²) in [5.74, 6) is 0.584. The average molecular weight is 395 g/mol. The van der Waals surface area contributed by atoms with E-state index in [1.165, 1.54) is 0 Å². The van der Waals surface area contributed by atoms with Gasteiger partial charge in [-0.15, -0.1) is 11.8 Å². The first-order valence-electron chi connectivity index (χ1n) is 7.74. The highest BCUT2D eigenvalue weighted by Gasteiger charge is 2.36. The molecule has 0 saturated carbocycles. The van der Waals surface area contributed by atoms with Gasteiger partial charge in [-0.25, -0.2) is 8.42 Å². The summed E-state index contributed by atoms with van der Waals surface area (Å²) in [6.45, 7) is 0.482. The molecule has 4 rings (SSSR count). The molecule has 0 N–H and O–H groups in total. The molecule has 1 aliphatic heterocycles. The Morgan fingerprint density at radius 1 is 1.20 bits per heavy atom. The van der Waals surface area contributed by atoms with Crippen LogP contribution < -0.4 is 0 Å². The van der Waals surface area contributed by atoms with Crippen LogP contribution in [0.2, 0.25) is 5.02 Å². The molecule has 0 radical (unpaired) electrons. The molecule has 0 spiro atoms. The summed E-state index contributed by atoms with van der Waals surface area (Å²) in [6, 6.07) is 14.6. The molecule has 0 amide bonds. The summed E-state index contributed by atoms with van der Waals surface area (Å²) >= 11 is 7.55. The predicted octanol–water partition coefficient (Wildman–Crippen LogP) is 4.06. The third-order valence-corrected chi connectivity index (χ3v) is 7.52. The average Bonchev–Trinajstić information content (AvgIpc) is 3.24. The Kier molecular flexibility index (Phi) is 4.49. The van der Waals surface area contributed by atoms with Gasteiger partial charge in [0.2, 0.25) is 10.0 Å². The Balaban J connectivity index is 1.63. The van der Waals surface area contributed by atoms with Crippen molar-refractivity contribution in [3.05, 3.63) is 64.8 Å². The zero-order valence-electron chi connectivity index (χ0n) is 13.1. The first-order chi connectivity index (χ1) is 12.0. The topological polar surface area (TPSA) is 63.4 Å². The fourth-order valence-electron chi connectivity index (χ4n) is 2.93. The van der Waals surface area contributed by atoms with Gasteiger partial charge >= 0.3 is 0 Å². The maximum atomic E-state index is 13.0. The Labute approximate surface area is 155 Å². The quantitative estimate of drug-likeness (QED) is 0.667. The van der Waals surface area contributed by atoms with Crippen LogP contribution in [0, 0.1) is 0 Å². The lowest BCUT2D eigenvalue weighted by Crippen LogP contribution is -2.31. The highest BCUT2D eigenvalue weighted by Crippen LogP contribution is 2.40. The van der Waals surface area contributed by atoms with E-state index in [4.69, 9.17) is 16.1 Å². The van der Waals surface area contributed by atoms with Gasteiger partial charge in [0.05, 0.1) is 5.37 Å². The van der Waals surface area contributed by atoms with Crippen LogP contribution in [0.25, 0.3) is 11.0 Å². The van der Waals surface area contributed by atoms with Crippen LogP contribution in [0.1, 0.15) is 16.6 Å². The van der Waals surface area contributed by atoms with E-state index in [1.807, 2.05) is 30.3 Å². The third kappa shape index (κ3) is 3.29. The minimum atomic E-state index is -3.52. The van der Waals surface area contributed by atoms with Crippen molar-refractivity contribution in [2.45, 2.75) is 11.1 Å². The molecule has 1 fully saturated rings. The van der Waals surface area contributed by atoms with Crippen molar-refractivity contribution in [3.63, 3.8) is 0 Å². The lowest BCUT2D eigenvalue weighted by Gasteiger charge is -2.23. The van der Waals surface area contributed by atoms with Crippen LogP contribution >= 0.6 is 23.4 Å². The number of rotatable bonds is 4. The summed E-state index contributed by atoms with van der Waals surface area (Å²) in [5.41, 5.74) is 1.97. The molecule has 3 aromatic rings. The van der Waals surface area contributed by atoms with E-state index in [0.29, 0.717) is 22.8 Å². The van der Waals surface area contributed by atoms with Gasteiger partial charge in [0.1, 0.15) is 11.4 Å². The van der Waals surface area contributed by atoms with Crippen LogP contribution in [-0.4, -0.2) is 30.2 Å².